The number of aromatic nitrogens is 2. The summed E-state index contributed by atoms with van der Waals surface area (Å²) in [6.45, 7) is 6.88. The van der Waals surface area contributed by atoms with Crippen LogP contribution < -0.4 is 10.8 Å². The molecule has 0 amide bonds. The van der Waals surface area contributed by atoms with E-state index >= 15 is 0 Å². The SMILES string of the molecule is CC1(C)O[C@H]2O[C@H]([C@H]3COC(C)(C)O3)[C@H](O[P+](O)([S-])OC[C@H]3O[C@@H](n4ccc(N=C([O-])c5ccccc5)nc4=O)C[C@@H]3O)[C@H]2O1. The monoisotopic (exact) mass is 668 g/mol. The normalized spacial score (nSPS) is 35.4. The van der Waals surface area contributed by atoms with Crippen molar-refractivity contribution in [1.29, 1.82) is 0 Å². The third kappa shape index (κ3) is 7.43. The van der Waals surface area contributed by atoms with Gasteiger partial charge >= 0.3 is 5.69 Å². The minimum Gasteiger partial charge on any atom is -0.858 e. The van der Waals surface area contributed by atoms with Gasteiger partial charge in [0.2, 0.25) is 0 Å². The molecule has 1 unspecified atom stereocenters. The fraction of sp³-hybridized carbons (Fsp3) is 0.607. The van der Waals surface area contributed by atoms with Gasteiger partial charge in [-0.05, 0) is 45.2 Å². The number of aliphatic hydroxyl groups excluding tert-OH is 1. The van der Waals surface area contributed by atoms with Gasteiger partial charge in [-0.15, -0.1) is 0 Å². The molecule has 0 saturated carbocycles. The van der Waals surface area contributed by atoms with E-state index in [1.165, 1.54) is 16.8 Å². The van der Waals surface area contributed by atoms with Crippen LogP contribution in [-0.4, -0.2) is 93.2 Å². The third-order valence-corrected chi connectivity index (χ3v) is 9.21. The van der Waals surface area contributed by atoms with Crippen molar-refractivity contribution in [2.75, 3.05) is 13.2 Å². The highest BCUT2D eigenvalue weighted by Crippen LogP contribution is 2.59. The first-order valence-electron chi connectivity index (χ1n) is 14.4. The highest BCUT2D eigenvalue weighted by molar-refractivity contribution is 8.35. The Hall–Kier alpha value is -2.05. The summed E-state index contributed by atoms with van der Waals surface area (Å²) in [6, 6.07) is 9.78. The van der Waals surface area contributed by atoms with Crippen molar-refractivity contribution in [2.45, 2.75) is 94.8 Å². The molecule has 17 heteroatoms. The molecule has 4 aliphatic heterocycles. The molecule has 9 atom stereocenters. The summed E-state index contributed by atoms with van der Waals surface area (Å²) < 4.78 is 48.2. The predicted molar refractivity (Wildman–Crippen MR) is 157 cm³/mol. The van der Waals surface area contributed by atoms with Crippen molar-refractivity contribution < 1.29 is 52.6 Å². The van der Waals surface area contributed by atoms with Gasteiger partial charge in [0.25, 0.3) is 7.15 Å². The molecule has 4 aliphatic rings. The van der Waals surface area contributed by atoms with E-state index in [2.05, 4.69) is 9.98 Å². The average molecular weight is 669 g/mol. The predicted octanol–water partition coefficient (Wildman–Crippen LogP) is 0.977. The summed E-state index contributed by atoms with van der Waals surface area (Å²) in [6.07, 6.45) is -5.24. The highest BCUT2D eigenvalue weighted by Gasteiger charge is 2.61. The number of rotatable bonds is 9. The van der Waals surface area contributed by atoms with Crippen LogP contribution in [0.15, 0.2) is 52.4 Å². The molecule has 0 bridgehead atoms. The van der Waals surface area contributed by atoms with Gasteiger partial charge in [-0.1, -0.05) is 30.3 Å². The number of hydrogen-bond donors (Lipinski definition) is 2. The van der Waals surface area contributed by atoms with Crippen molar-refractivity contribution in [3.05, 3.63) is 58.6 Å². The minimum atomic E-state index is -3.96. The second kappa shape index (κ2) is 12.5. The van der Waals surface area contributed by atoms with E-state index in [-0.39, 0.29) is 25.5 Å². The largest absolute Gasteiger partial charge is 0.858 e. The number of ether oxygens (including phenoxy) is 6. The summed E-state index contributed by atoms with van der Waals surface area (Å²) in [4.78, 5) is 31.6. The first-order chi connectivity index (χ1) is 21.2. The molecule has 0 radical (unpaired) electrons. The molecular weight excluding hydrogens is 633 g/mol. The summed E-state index contributed by atoms with van der Waals surface area (Å²) in [5.41, 5.74) is -0.369. The molecule has 15 nitrogen and oxygen atoms in total. The Balaban J connectivity index is 1.08. The smallest absolute Gasteiger partial charge is 0.351 e. The Bertz CT molecular complexity index is 1460. The maximum absolute atomic E-state index is 12.7. The lowest BCUT2D eigenvalue weighted by atomic mass is 10.1. The van der Waals surface area contributed by atoms with E-state index in [0.717, 1.165) is 0 Å². The van der Waals surface area contributed by atoms with Gasteiger partial charge in [0.15, 0.2) is 29.8 Å². The lowest BCUT2D eigenvalue weighted by Crippen LogP contribution is -2.44. The fourth-order valence-electron chi connectivity index (χ4n) is 5.62. The van der Waals surface area contributed by atoms with E-state index in [0.29, 0.717) is 5.56 Å². The second-order valence-electron chi connectivity index (χ2n) is 12.0. The van der Waals surface area contributed by atoms with Crippen LogP contribution in [0.5, 0.6) is 0 Å². The van der Waals surface area contributed by atoms with Crippen molar-refractivity contribution in [3.8, 4) is 0 Å². The maximum atomic E-state index is 12.7. The van der Waals surface area contributed by atoms with E-state index < -0.39 is 79.4 Å². The van der Waals surface area contributed by atoms with Crippen molar-refractivity contribution in [3.63, 3.8) is 0 Å². The molecule has 4 fully saturated rings. The molecule has 1 aromatic carbocycles. The molecular formula is C28H35N3O12PS-. The Kier molecular flexibility index (Phi) is 9.15. The number of fused-ring (bicyclic) bond motifs is 1. The summed E-state index contributed by atoms with van der Waals surface area (Å²) in [5, 5.41) is 23.0. The molecule has 246 valence electrons. The molecule has 0 spiro atoms. The van der Waals surface area contributed by atoms with Gasteiger partial charge in [0.05, 0.1) is 12.7 Å². The van der Waals surface area contributed by atoms with Crippen LogP contribution in [0.3, 0.4) is 0 Å². The average Bonchev–Trinajstić information content (AvgIpc) is 3.69. The van der Waals surface area contributed by atoms with E-state index in [4.69, 9.17) is 49.7 Å². The van der Waals surface area contributed by atoms with Crippen molar-refractivity contribution in [1.82, 2.24) is 9.55 Å². The maximum Gasteiger partial charge on any atom is 0.351 e. The number of nitrogens with zero attached hydrogens (tertiary/aromatic N) is 3. The van der Waals surface area contributed by atoms with Crippen LogP contribution in [-0.2, 0) is 49.7 Å². The number of aliphatic hydroxyl groups is 1. The lowest BCUT2D eigenvalue weighted by molar-refractivity contribution is -0.231. The van der Waals surface area contributed by atoms with Gasteiger partial charge < -0.3 is 50.9 Å². The van der Waals surface area contributed by atoms with Crippen molar-refractivity contribution in [2.24, 2.45) is 4.99 Å². The zero-order valence-corrected chi connectivity index (χ0v) is 26.7. The van der Waals surface area contributed by atoms with E-state index in [1.807, 2.05) is 0 Å². The van der Waals surface area contributed by atoms with Crippen molar-refractivity contribution >= 4 is 31.1 Å². The molecule has 6 rings (SSSR count). The summed E-state index contributed by atoms with van der Waals surface area (Å²) in [7, 11) is -3.96. The van der Waals surface area contributed by atoms with Crippen LogP contribution in [0.2, 0.25) is 0 Å². The fourth-order valence-corrected chi connectivity index (χ4v) is 7.05. The Morgan fingerprint density at radius 2 is 1.89 bits per heavy atom. The van der Waals surface area contributed by atoms with E-state index in [1.54, 1.807) is 58.0 Å². The van der Waals surface area contributed by atoms with Gasteiger partial charge in [-0.25, -0.2) is 14.7 Å². The first kappa shape index (κ1) is 32.9. The molecule has 2 N–H and O–H groups in total. The molecule has 45 heavy (non-hydrogen) atoms. The zero-order chi connectivity index (χ0) is 32.1. The highest BCUT2D eigenvalue weighted by atomic mass is 32.7. The van der Waals surface area contributed by atoms with Crippen LogP contribution in [0.25, 0.3) is 0 Å². The van der Waals surface area contributed by atoms with E-state index in [9.17, 15) is 19.9 Å². The summed E-state index contributed by atoms with van der Waals surface area (Å²) >= 11 is 5.33. The van der Waals surface area contributed by atoms with Gasteiger partial charge in [0.1, 0.15) is 37.3 Å². The Morgan fingerprint density at radius 3 is 2.58 bits per heavy atom. The topological polar surface area (TPSA) is 185 Å². The number of hydrogen-bond acceptors (Lipinski definition) is 15. The Labute approximate surface area is 264 Å². The zero-order valence-electron chi connectivity index (χ0n) is 25.0. The second-order valence-corrected chi connectivity index (χ2v) is 14.8. The molecule has 1 aromatic heterocycles. The van der Waals surface area contributed by atoms with Gasteiger partial charge in [-0.3, -0.25) is 4.57 Å². The standard InChI is InChI=1S/C28H36N3O12PS/c1-27(2)36-13-18(40-27)21-22(23-25(39-21)42-28(3,4)41-23)43-44(35,45)37-14-17-16(32)12-20(38-17)31-11-10-19(30-26(31)34)29-24(33)15-8-6-5-7-9-15/h5-11,16-18,20-23,25,32H,12-14H2,1-4H3,(H,35,45)(H,29,30,33,34)/p-1/t16-,17+,18+,20+,21+,22-,23+,25+,44?/m0/s1. The Morgan fingerprint density at radius 1 is 1.13 bits per heavy atom. The minimum absolute atomic E-state index is 0.0293. The summed E-state index contributed by atoms with van der Waals surface area (Å²) in [5.74, 6) is -2.40. The molecule has 0 aliphatic carbocycles. The van der Waals surface area contributed by atoms with Gasteiger partial charge in [-0.2, -0.15) is 14.0 Å². The van der Waals surface area contributed by atoms with Crippen LogP contribution >= 0.6 is 7.15 Å². The number of benzene rings is 1. The van der Waals surface area contributed by atoms with Gasteiger partial charge in [0, 0.05) is 12.6 Å². The first-order valence-corrected chi connectivity index (χ1v) is 17.0. The quantitative estimate of drug-likeness (QED) is 0.167. The lowest BCUT2D eigenvalue weighted by Gasteiger charge is -2.32. The third-order valence-electron chi connectivity index (χ3n) is 7.65. The van der Waals surface area contributed by atoms with Crippen LogP contribution in [0.4, 0.5) is 5.82 Å². The molecule has 2 aromatic rings. The van der Waals surface area contributed by atoms with Crippen LogP contribution in [0.1, 0.15) is 45.9 Å². The van der Waals surface area contributed by atoms with Crippen LogP contribution in [0, 0.1) is 0 Å². The number of aliphatic imine (C=N–C) groups is 1. The molecule has 5 heterocycles. The molecule has 4 saturated heterocycles.